The van der Waals surface area contributed by atoms with Crippen molar-refractivity contribution in [3.63, 3.8) is 0 Å². The van der Waals surface area contributed by atoms with Crippen LogP contribution in [0.5, 0.6) is 5.75 Å². The molecular formula is C18H18N4O2. The van der Waals surface area contributed by atoms with Gasteiger partial charge in [-0.15, -0.1) is 10.2 Å². The zero-order valence-electron chi connectivity index (χ0n) is 13.7. The lowest BCUT2D eigenvalue weighted by Gasteiger charge is -2.03. The number of nitrogens with zero attached hydrogens (tertiary/aromatic N) is 3. The number of phenols is 1. The summed E-state index contributed by atoms with van der Waals surface area (Å²) >= 11 is 0. The molecule has 2 N–H and O–H groups in total. The predicted molar refractivity (Wildman–Crippen MR) is 92.9 cm³/mol. The maximum absolute atomic E-state index is 12.5. The molecule has 0 bridgehead atoms. The van der Waals surface area contributed by atoms with E-state index >= 15 is 0 Å². The van der Waals surface area contributed by atoms with E-state index in [1.165, 1.54) is 4.68 Å². The summed E-state index contributed by atoms with van der Waals surface area (Å²) in [5.74, 6) is 0.0703. The van der Waals surface area contributed by atoms with Gasteiger partial charge in [0, 0.05) is 0 Å². The number of nitrogens with one attached hydrogen (secondary N) is 1. The van der Waals surface area contributed by atoms with E-state index in [-0.39, 0.29) is 17.0 Å². The molecule has 6 heteroatoms. The van der Waals surface area contributed by atoms with Crippen molar-refractivity contribution in [2.24, 2.45) is 10.2 Å². The monoisotopic (exact) mass is 322 g/mol. The second-order valence-electron chi connectivity index (χ2n) is 5.71. The molecule has 0 atom stereocenters. The van der Waals surface area contributed by atoms with E-state index < -0.39 is 0 Å². The van der Waals surface area contributed by atoms with Gasteiger partial charge in [-0.1, -0.05) is 24.3 Å². The molecule has 0 unspecified atom stereocenters. The number of aromatic hydroxyl groups is 1. The number of aromatic amines is 1. The van der Waals surface area contributed by atoms with Gasteiger partial charge in [0.25, 0.3) is 5.56 Å². The first kappa shape index (κ1) is 15.7. The molecule has 3 aromatic rings. The van der Waals surface area contributed by atoms with Crippen LogP contribution in [0.25, 0.3) is 5.69 Å². The number of para-hydroxylation sites is 1. The quantitative estimate of drug-likeness (QED) is 0.708. The van der Waals surface area contributed by atoms with Crippen molar-refractivity contribution in [3.05, 3.63) is 69.6 Å². The van der Waals surface area contributed by atoms with Gasteiger partial charge in [-0.25, -0.2) is 4.68 Å². The summed E-state index contributed by atoms with van der Waals surface area (Å²) in [4.78, 5) is 12.5. The third-order valence-electron chi connectivity index (χ3n) is 3.74. The number of H-pyrrole nitrogens is 1. The standard InChI is InChI=1S/C18H18N4O2/c1-11-9-12(2)17(23)15(10-11)19-20-16-13(3)21-22(18(16)24)14-7-5-4-6-8-14/h4-10,21,23H,1-3H3. The maximum Gasteiger partial charge on any atom is 0.299 e. The van der Waals surface area contributed by atoms with Crippen LogP contribution in [0, 0.1) is 20.8 Å². The minimum atomic E-state index is -0.286. The van der Waals surface area contributed by atoms with E-state index in [0.717, 1.165) is 16.8 Å². The van der Waals surface area contributed by atoms with Crippen LogP contribution in [0.1, 0.15) is 16.8 Å². The summed E-state index contributed by atoms with van der Waals surface area (Å²) in [6.07, 6.45) is 0. The Hall–Kier alpha value is -3.15. The van der Waals surface area contributed by atoms with Crippen LogP contribution < -0.4 is 5.56 Å². The first-order chi connectivity index (χ1) is 11.5. The molecule has 6 nitrogen and oxygen atoms in total. The second-order valence-corrected chi connectivity index (χ2v) is 5.71. The van der Waals surface area contributed by atoms with Gasteiger partial charge < -0.3 is 5.11 Å². The highest BCUT2D eigenvalue weighted by atomic mass is 16.3. The van der Waals surface area contributed by atoms with Crippen LogP contribution in [-0.4, -0.2) is 14.9 Å². The van der Waals surface area contributed by atoms with Gasteiger partial charge in [0.15, 0.2) is 5.69 Å². The number of hydrogen-bond donors (Lipinski definition) is 2. The fraction of sp³-hybridized carbons (Fsp3) is 0.167. The Balaban J connectivity index is 2.03. The van der Waals surface area contributed by atoms with Crippen LogP contribution in [-0.2, 0) is 0 Å². The molecule has 0 saturated heterocycles. The van der Waals surface area contributed by atoms with Gasteiger partial charge in [-0.2, -0.15) is 0 Å². The predicted octanol–water partition coefficient (Wildman–Crippen LogP) is 4.21. The summed E-state index contributed by atoms with van der Waals surface area (Å²) in [6, 6.07) is 12.8. The van der Waals surface area contributed by atoms with Crippen molar-refractivity contribution in [2.75, 3.05) is 0 Å². The van der Waals surface area contributed by atoms with Crippen molar-refractivity contribution in [3.8, 4) is 11.4 Å². The molecule has 0 aliphatic rings. The fourth-order valence-electron chi connectivity index (χ4n) is 2.53. The summed E-state index contributed by atoms with van der Waals surface area (Å²) in [5, 5.41) is 21.2. The lowest BCUT2D eigenvalue weighted by Crippen LogP contribution is -2.13. The molecule has 0 amide bonds. The van der Waals surface area contributed by atoms with Gasteiger partial charge >= 0.3 is 0 Å². The van der Waals surface area contributed by atoms with E-state index in [1.54, 1.807) is 19.9 Å². The second kappa shape index (κ2) is 6.16. The topological polar surface area (TPSA) is 82.7 Å². The normalized spacial score (nSPS) is 11.3. The lowest BCUT2D eigenvalue weighted by atomic mass is 10.1. The zero-order valence-corrected chi connectivity index (χ0v) is 13.7. The number of aryl methyl sites for hydroxylation is 3. The van der Waals surface area contributed by atoms with Crippen molar-refractivity contribution < 1.29 is 5.11 Å². The Morgan fingerprint density at radius 3 is 2.46 bits per heavy atom. The molecule has 0 spiro atoms. The van der Waals surface area contributed by atoms with Gasteiger partial charge in [-0.05, 0) is 50.1 Å². The van der Waals surface area contributed by atoms with Gasteiger partial charge in [-0.3, -0.25) is 9.89 Å². The van der Waals surface area contributed by atoms with Crippen LogP contribution in [0.3, 0.4) is 0 Å². The van der Waals surface area contributed by atoms with Crippen LogP contribution in [0.15, 0.2) is 57.5 Å². The Morgan fingerprint density at radius 1 is 1.04 bits per heavy atom. The van der Waals surface area contributed by atoms with Crippen LogP contribution >= 0.6 is 0 Å². The Bertz CT molecular complexity index is 969. The SMILES string of the molecule is Cc1cc(C)c(O)c(N=Nc2c(C)[nH]n(-c3ccccc3)c2=O)c1. The highest BCUT2D eigenvalue weighted by molar-refractivity contribution is 5.57. The molecular weight excluding hydrogens is 304 g/mol. The average Bonchev–Trinajstić information content (AvgIpc) is 2.85. The number of rotatable bonds is 3. The third kappa shape index (κ3) is 2.86. The van der Waals surface area contributed by atoms with Crippen LogP contribution in [0.2, 0.25) is 0 Å². The van der Waals surface area contributed by atoms with Crippen molar-refractivity contribution in [1.82, 2.24) is 9.78 Å². The van der Waals surface area contributed by atoms with Crippen molar-refractivity contribution in [2.45, 2.75) is 20.8 Å². The molecule has 0 saturated carbocycles. The minimum absolute atomic E-state index is 0.0703. The number of phenolic OH excluding ortho intramolecular Hbond substituents is 1. The van der Waals surface area contributed by atoms with E-state index in [9.17, 15) is 9.90 Å². The number of azo groups is 1. The van der Waals surface area contributed by atoms with Crippen molar-refractivity contribution >= 4 is 11.4 Å². The summed E-state index contributed by atoms with van der Waals surface area (Å²) in [5.41, 5.74) is 3.29. The van der Waals surface area contributed by atoms with E-state index in [0.29, 0.717) is 11.4 Å². The summed E-state index contributed by atoms with van der Waals surface area (Å²) in [7, 11) is 0. The third-order valence-corrected chi connectivity index (χ3v) is 3.74. The average molecular weight is 322 g/mol. The molecule has 0 fully saturated rings. The summed E-state index contributed by atoms with van der Waals surface area (Å²) < 4.78 is 1.42. The van der Waals surface area contributed by atoms with E-state index in [4.69, 9.17) is 0 Å². The molecule has 0 aliphatic carbocycles. The first-order valence-corrected chi connectivity index (χ1v) is 7.56. The van der Waals surface area contributed by atoms with E-state index in [2.05, 4.69) is 15.3 Å². The highest BCUT2D eigenvalue weighted by Crippen LogP contribution is 2.32. The van der Waals surface area contributed by atoms with Crippen molar-refractivity contribution in [1.29, 1.82) is 0 Å². The molecule has 3 rings (SSSR count). The van der Waals surface area contributed by atoms with Gasteiger partial charge in [0.2, 0.25) is 0 Å². The summed E-state index contributed by atoms with van der Waals surface area (Å²) in [6.45, 7) is 5.47. The Labute approximate surface area is 139 Å². The molecule has 122 valence electrons. The van der Waals surface area contributed by atoms with Crippen LogP contribution in [0.4, 0.5) is 11.4 Å². The number of benzene rings is 2. The zero-order chi connectivity index (χ0) is 17.3. The Morgan fingerprint density at radius 2 is 1.75 bits per heavy atom. The molecule has 0 radical (unpaired) electrons. The molecule has 1 heterocycles. The Kier molecular flexibility index (Phi) is 4.04. The smallest absolute Gasteiger partial charge is 0.299 e. The maximum atomic E-state index is 12.5. The molecule has 2 aromatic carbocycles. The minimum Gasteiger partial charge on any atom is -0.505 e. The largest absolute Gasteiger partial charge is 0.505 e. The number of hydrogen-bond acceptors (Lipinski definition) is 4. The number of aromatic nitrogens is 2. The molecule has 0 aliphatic heterocycles. The lowest BCUT2D eigenvalue weighted by molar-refractivity contribution is 0.472. The van der Waals surface area contributed by atoms with E-state index in [1.807, 2.05) is 43.3 Å². The molecule has 24 heavy (non-hydrogen) atoms. The van der Waals surface area contributed by atoms with Gasteiger partial charge in [0.1, 0.15) is 11.4 Å². The first-order valence-electron chi connectivity index (χ1n) is 7.56. The fourth-order valence-corrected chi connectivity index (χ4v) is 2.53. The highest BCUT2D eigenvalue weighted by Gasteiger charge is 2.12. The molecule has 1 aromatic heterocycles. The van der Waals surface area contributed by atoms with Gasteiger partial charge in [0.05, 0.1) is 11.4 Å².